The van der Waals surface area contributed by atoms with Gasteiger partial charge in [-0.3, -0.25) is 9.59 Å². The van der Waals surface area contributed by atoms with E-state index in [1.807, 2.05) is 77.7 Å². The van der Waals surface area contributed by atoms with Crippen LogP contribution >= 0.6 is 11.8 Å². The first-order valence-corrected chi connectivity index (χ1v) is 11.7. The van der Waals surface area contributed by atoms with Gasteiger partial charge in [0, 0.05) is 16.8 Å². The van der Waals surface area contributed by atoms with Gasteiger partial charge in [0.1, 0.15) is 6.04 Å². The average Bonchev–Trinajstić information content (AvgIpc) is 3.49. The minimum atomic E-state index is -0.592. The summed E-state index contributed by atoms with van der Waals surface area (Å²) < 4.78 is 0. The molecule has 0 aliphatic carbocycles. The smallest absolute Gasteiger partial charge is 0.332 e. The van der Waals surface area contributed by atoms with Crippen molar-refractivity contribution in [3.05, 3.63) is 72.8 Å². The second-order valence-corrected chi connectivity index (χ2v) is 9.46. The molecule has 2 unspecified atom stereocenters. The fourth-order valence-electron chi connectivity index (χ4n) is 5.31. The van der Waals surface area contributed by atoms with Gasteiger partial charge in [0.2, 0.25) is 5.91 Å². The Morgan fingerprint density at radius 2 is 1.69 bits per heavy atom. The van der Waals surface area contributed by atoms with Crippen molar-refractivity contribution < 1.29 is 14.4 Å². The molecule has 3 saturated heterocycles. The molecular formula is C25H21N3O3S. The summed E-state index contributed by atoms with van der Waals surface area (Å²) in [6, 6.07) is 22.0. The topological polar surface area (TPSA) is 60.9 Å². The summed E-state index contributed by atoms with van der Waals surface area (Å²) in [5.74, 6) is 0.122. The molecular weight excluding hydrogens is 422 g/mol. The van der Waals surface area contributed by atoms with Crippen molar-refractivity contribution in [2.75, 3.05) is 17.2 Å². The fourth-order valence-corrected chi connectivity index (χ4v) is 6.12. The third-order valence-corrected chi connectivity index (χ3v) is 7.69. The first-order valence-electron chi connectivity index (χ1n) is 10.7. The first-order chi connectivity index (χ1) is 15.6. The molecule has 0 aromatic heterocycles. The van der Waals surface area contributed by atoms with Crippen molar-refractivity contribution in [1.82, 2.24) is 9.80 Å². The molecule has 2 bridgehead atoms. The number of urea groups is 1. The van der Waals surface area contributed by atoms with Crippen LogP contribution in [0.25, 0.3) is 10.8 Å². The lowest BCUT2D eigenvalue weighted by Crippen LogP contribution is -2.55. The van der Waals surface area contributed by atoms with Crippen LogP contribution in [-0.2, 0) is 9.59 Å². The number of rotatable bonds is 4. The summed E-state index contributed by atoms with van der Waals surface area (Å²) in [5, 5.41) is 1.85. The molecule has 0 radical (unpaired) electrons. The molecule has 4 amide bonds. The summed E-state index contributed by atoms with van der Waals surface area (Å²) in [6.07, 6.45) is 0.674. The van der Waals surface area contributed by atoms with Crippen molar-refractivity contribution in [1.29, 1.82) is 0 Å². The maximum atomic E-state index is 13.5. The van der Waals surface area contributed by atoms with E-state index in [1.54, 1.807) is 4.90 Å². The van der Waals surface area contributed by atoms with Crippen molar-refractivity contribution >= 4 is 46.1 Å². The molecule has 3 aliphatic rings. The molecule has 0 spiro atoms. The maximum Gasteiger partial charge on any atom is 0.332 e. The van der Waals surface area contributed by atoms with Crippen LogP contribution in [0.4, 0.5) is 10.5 Å². The molecule has 3 aromatic rings. The van der Waals surface area contributed by atoms with Gasteiger partial charge < -0.3 is 9.80 Å². The van der Waals surface area contributed by atoms with Gasteiger partial charge in [-0.2, -0.15) is 0 Å². The van der Waals surface area contributed by atoms with Crippen molar-refractivity contribution in [3.8, 4) is 0 Å². The summed E-state index contributed by atoms with van der Waals surface area (Å²) in [4.78, 5) is 45.7. The molecule has 32 heavy (non-hydrogen) atoms. The lowest BCUT2D eigenvalue weighted by atomic mass is 10.1. The molecule has 7 heteroatoms. The van der Waals surface area contributed by atoms with E-state index in [0.29, 0.717) is 24.4 Å². The Balaban J connectivity index is 1.25. The number of benzene rings is 3. The van der Waals surface area contributed by atoms with E-state index in [0.717, 1.165) is 15.7 Å². The highest BCUT2D eigenvalue weighted by Gasteiger charge is 2.62. The van der Waals surface area contributed by atoms with Gasteiger partial charge in [0.25, 0.3) is 5.91 Å². The normalized spacial score (nSPS) is 24.0. The van der Waals surface area contributed by atoms with E-state index < -0.39 is 6.04 Å². The van der Waals surface area contributed by atoms with Crippen LogP contribution in [0.5, 0.6) is 0 Å². The third-order valence-electron chi connectivity index (χ3n) is 6.70. The SMILES string of the molecule is O=C1[C@H]2C3CC(CN3C(=O)CSc3ccccc3)N2C(=O)N1c1cccc2ccccc12. The van der Waals surface area contributed by atoms with E-state index in [2.05, 4.69) is 0 Å². The zero-order chi connectivity index (χ0) is 21.8. The summed E-state index contributed by atoms with van der Waals surface area (Å²) in [7, 11) is 0. The Kier molecular flexibility index (Phi) is 4.47. The highest BCUT2D eigenvalue weighted by Crippen LogP contribution is 2.43. The molecule has 3 fully saturated rings. The molecule has 3 aromatic carbocycles. The standard InChI is InChI=1S/C25H21N3O3S/c29-22(15-32-18-9-2-1-3-10-18)26-14-17-13-21(26)23-24(30)28(25(31)27(17)23)20-12-6-8-16-7-4-5-11-19(16)20/h1-12,17,21,23H,13-15H2/t17?,21?,23-/m1/s1. The average molecular weight is 444 g/mol. The zero-order valence-electron chi connectivity index (χ0n) is 17.3. The summed E-state index contributed by atoms with van der Waals surface area (Å²) in [6.45, 7) is 0.498. The zero-order valence-corrected chi connectivity index (χ0v) is 18.1. The minimum absolute atomic E-state index is 0.0230. The van der Waals surface area contributed by atoms with Gasteiger partial charge in [-0.1, -0.05) is 54.6 Å². The third kappa shape index (κ3) is 2.84. The van der Waals surface area contributed by atoms with Crippen molar-refractivity contribution in [2.24, 2.45) is 0 Å². The van der Waals surface area contributed by atoms with Gasteiger partial charge in [-0.05, 0) is 30.0 Å². The molecule has 3 aliphatic heterocycles. The summed E-state index contributed by atoms with van der Waals surface area (Å²) in [5.41, 5.74) is 0.615. The van der Waals surface area contributed by atoms with E-state index in [-0.39, 0.29) is 29.9 Å². The maximum absolute atomic E-state index is 13.5. The van der Waals surface area contributed by atoms with Crippen LogP contribution in [-0.4, -0.2) is 58.1 Å². The summed E-state index contributed by atoms with van der Waals surface area (Å²) >= 11 is 1.50. The Bertz CT molecular complexity index is 1240. The van der Waals surface area contributed by atoms with Gasteiger partial charge in [0.05, 0.1) is 23.5 Å². The second kappa shape index (κ2) is 7.38. The second-order valence-electron chi connectivity index (χ2n) is 8.41. The molecule has 6 nitrogen and oxygen atoms in total. The molecule has 160 valence electrons. The van der Waals surface area contributed by atoms with Crippen LogP contribution in [0.3, 0.4) is 0 Å². The number of piperazine rings is 1. The van der Waals surface area contributed by atoms with Crippen LogP contribution in [0, 0.1) is 0 Å². The van der Waals surface area contributed by atoms with Gasteiger partial charge >= 0.3 is 6.03 Å². The number of carbonyl (C=O) groups is 3. The lowest BCUT2D eigenvalue weighted by molar-refractivity contribution is -0.133. The van der Waals surface area contributed by atoms with Gasteiger partial charge in [-0.25, -0.2) is 9.69 Å². The molecule has 0 N–H and O–H groups in total. The molecule has 3 atom stereocenters. The Labute approximate surface area is 189 Å². The van der Waals surface area contributed by atoms with E-state index in [4.69, 9.17) is 0 Å². The number of imide groups is 1. The van der Waals surface area contributed by atoms with Crippen molar-refractivity contribution in [3.63, 3.8) is 0 Å². The van der Waals surface area contributed by atoms with E-state index in [1.165, 1.54) is 16.7 Å². The number of hydrogen-bond acceptors (Lipinski definition) is 4. The van der Waals surface area contributed by atoms with Crippen molar-refractivity contribution in [2.45, 2.75) is 29.4 Å². The highest BCUT2D eigenvalue weighted by molar-refractivity contribution is 8.00. The number of nitrogens with zero attached hydrogens (tertiary/aromatic N) is 3. The largest absolute Gasteiger partial charge is 0.334 e. The molecule has 0 saturated carbocycles. The van der Waals surface area contributed by atoms with Crippen LogP contribution in [0.15, 0.2) is 77.7 Å². The molecule has 6 rings (SSSR count). The quantitative estimate of drug-likeness (QED) is 0.455. The van der Waals surface area contributed by atoms with Gasteiger partial charge in [0.15, 0.2) is 0 Å². The number of carbonyl (C=O) groups excluding carboxylic acids is 3. The van der Waals surface area contributed by atoms with E-state index in [9.17, 15) is 14.4 Å². The Morgan fingerprint density at radius 3 is 2.53 bits per heavy atom. The van der Waals surface area contributed by atoms with Crippen LogP contribution in [0.2, 0.25) is 0 Å². The number of likely N-dealkylation sites (tertiary alicyclic amines) is 1. The lowest BCUT2D eigenvalue weighted by Gasteiger charge is -2.34. The monoisotopic (exact) mass is 443 g/mol. The number of thioether (sulfide) groups is 1. The number of amides is 4. The van der Waals surface area contributed by atoms with Gasteiger partial charge in [-0.15, -0.1) is 11.8 Å². The van der Waals surface area contributed by atoms with E-state index >= 15 is 0 Å². The Hall–Kier alpha value is -3.32. The molecule has 3 heterocycles. The number of fused-ring (bicyclic) bond motifs is 6. The van der Waals surface area contributed by atoms with Crippen LogP contribution in [0.1, 0.15) is 6.42 Å². The fraction of sp³-hybridized carbons (Fsp3) is 0.240. The Morgan fingerprint density at radius 1 is 0.938 bits per heavy atom. The first kappa shape index (κ1) is 19.4. The predicted molar refractivity (Wildman–Crippen MR) is 124 cm³/mol. The van der Waals surface area contributed by atoms with Crippen LogP contribution < -0.4 is 4.90 Å². The highest BCUT2D eigenvalue weighted by atomic mass is 32.2. The number of hydrogen-bond donors (Lipinski definition) is 0. The predicted octanol–water partition coefficient (Wildman–Crippen LogP) is 3.75. The minimum Gasteiger partial charge on any atom is -0.334 e. The number of anilines is 1.